The zero-order chi connectivity index (χ0) is 16.4. The molecule has 0 aliphatic carbocycles. The molecule has 3 saturated heterocycles. The summed E-state index contributed by atoms with van der Waals surface area (Å²) in [5, 5.41) is 13.2. The van der Waals surface area contributed by atoms with Gasteiger partial charge in [-0.25, -0.2) is 0 Å². The van der Waals surface area contributed by atoms with E-state index >= 15 is 0 Å². The van der Waals surface area contributed by atoms with Gasteiger partial charge in [-0.1, -0.05) is 0 Å². The van der Waals surface area contributed by atoms with Crippen molar-refractivity contribution in [3.8, 4) is 0 Å². The quantitative estimate of drug-likeness (QED) is 0.754. The van der Waals surface area contributed by atoms with Crippen molar-refractivity contribution in [1.29, 1.82) is 0 Å². The molecule has 0 aromatic heterocycles. The van der Waals surface area contributed by atoms with E-state index in [-0.39, 0.29) is 35.7 Å². The summed E-state index contributed by atoms with van der Waals surface area (Å²) < 4.78 is 0. The van der Waals surface area contributed by atoms with Crippen molar-refractivity contribution in [3.05, 3.63) is 0 Å². The van der Waals surface area contributed by atoms with Crippen LogP contribution in [-0.2, 0) is 9.59 Å². The molecule has 6 heteroatoms. The molecule has 0 aromatic rings. The lowest BCUT2D eigenvalue weighted by Crippen LogP contribution is -2.45. The van der Waals surface area contributed by atoms with Crippen LogP contribution in [0.25, 0.3) is 0 Å². The second-order valence-corrected chi connectivity index (χ2v) is 7.49. The number of carbonyl (C=O) groups excluding carboxylic acids is 2. The molecule has 3 aliphatic rings. The van der Waals surface area contributed by atoms with Gasteiger partial charge in [0.05, 0.1) is 0 Å². The molecule has 23 heavy (non-hydrogen) atoms. The summed E-state index contributed by atoms with van der Waals surface area (Å²) in [6.45, 7) is 6.61. The zero-order valence-electron chi connectivity index (χ0n) is 14.1. The second-order valence-electron chi connectivity index (χ2n) is 7.49. The number of rotatable bonds is 2. The van der Waals surface area contributed by atoms with E-state index in [0.29, 0.717) is 19.6 Å². The third-order valence-electron chi connectivity index (χ3n) is 6.23. The zero-order valence-corrected chi connectivity index (χ0v) is 14.1. The van der Waals surface area contributed by atoms with E-state index in [1.165, 1.54) is 0 Å². The van der Waals surface area contributed by atoms with Crippen LogP contribution in [0.1, 0.15) is 32.6 Å². The van der Waals surface area contributed by atoms with E-state index < -0.39 is 0 Å². The van der Waals surface area contributed by atoms with Crippen LogP contribution in [0.5, 0.6) is 0 Å². The van der Waals surface area contributed by atoms with Gasteiger partial charge in [-0.3, -0.25) is 9.59 Å². The Morgan fingerprint density at radius 3 is 2.39 bits per heavy atom. The first-order chi connectivity index (χ1) is 11.1. The van der Waals surface area contributed by atoms with Crippen LogP contribution in [0.2, 0.25) is 0 Å². The van der Waals surface area contributed by atoms with E-state index in [0.717, 1.165) is 45.3 Å². The minimum Gasteiger partial charge on any atom is -0.396 e. The Bertz CT molecular complexity index is 454. The number of nitrogens with zero attached hydrogens (tertiary/aromatic N) is 2. The highest BCUT2D eigenvalue weighted by molar-refractivity contribution is 5.80. The highest BCUT2D eigenvalue weighted by Crippen LogP contribution is 2.43. The van der Waals surface area contributed by atoms with E-state index in [9.17, 15) is 14.7 Å². The molecule has 3 aliphatic heterocycles. The molecule has 3 heterocycles. The molecule has 3 fully saturated rings. The Balaban J connectivity index is 1.61. The number of hydrogen-bond donors (Lipinski definition) is 2. The first-order valence-electron chi connectivity index (χ1n) is 8.91. The molecule has 1 spiro atoms. The van der Waals surface area contributed by atoms with Gasteiger partial charge in [0.15, 0.2) is 0 Å². The number of aliphatic hydroxyl groups excluding tert-OH is 1. The molecule has 130 valence electrons. The van der Waals surface area contributed by atoms with Gasteiger partial charge >= 0.3 is 0 Å². The van der Waals surface area contributed by atoms with Crippen LogP contribution >= 0.6 is 0 Å². The average Bonchev–Trinajstić information content (AvgIpc) is 2.93. The molecule has 0 bridgehead atoms. The third-order valence-corrected chi connectivity index (χ3v) is 6.23. The lowest BCUT2D eigenvalue weighted by molar-refractivity contribution is -0.139. The summed E-state index contributed by atoms with van der Waals surface area (Å²) >= 11 is 0. The number of amides is 2. The number of likely N-dealkylation sites (tertiary alicyclic amines) is 2. The summed E-state index contributed by atoms with van der Waals surface area (Å²) in [4.78, 5) is 28.1. The Kier molecular flexibility index (Phi) is 4.92. The Morgan fingerprint density at radius 2 is 1.83 bits per heavy atom. The highest BCUT2D eigenvalue weighted by Gasteiger charge is 2.48. The summed E-state index contributed by atoms with van der Waals surface area (Å²) in [6.07, 6.45) is 3.64. The lowest BCUT2D eigenvalue weighted by atomic mass is 9.71. The fraction of sp³-hybridized carbons (Fsp3) is 0.882. The minimum absolute atomic E-state index is 0.0433. The number of nitrogens with one attached hydrogen (secondary N) is 1. The van der Waals surface area contributed by atoms with Crippen molar-refractivity contribution < 1.29 is 14.7 Å². The maximum Gasteiger partial charge on any atom is 0.225 e. The van der Waals surface area contributed by atoms with Crippen molar-refractivity contribution in [3.63, 3.8) is 0 Å². The molecule has 2 amide bonds. The SMILES string of the molecule is CC(=O)N1CCC(C(=O)N2CC(CO)C3(CCNCC3)C2)CC1. The average molecular weight is 323 g/mol. The number of aliphatic hydroxyl groups is 1. The second kappa shape index (κ2) is 6.77. The molecular formula is C17H29N3O3. The first kappa shape index (κ1) is 16.7. The van der Waals surface area contributed by atoms with E-state index in [2.05, 4.69) is 5.32 Å². The molecule has 0 aromatic carbocycles. The summed E-state index contributed by atoms with van der Waals surface area (Å²) in [5.41, 5.74) is 0.107. The molecule has 1 unspecified atom stereocenters. The maximum absolute atomic E-state index is 12.9. The van der Waals surface area contributed by atoms with Crippen LogP contribution in [0.4, 0.5) is 0 Å². The Labute approximate surface area is 138 Å². The fourth-order valence-electron chi connectivity index (χ4n) is 4.64. The molecule has 3 rings (SSSR count). The monoisotopic (exact) mass is 323 g/mol. The lowest BCUT2D eigenvalue weighted by Gasteiger charge is -2.38. The van der Waals surface area contributed by atoms with Gasteiger partial charge in [-0.15, -0.1) is 0 Å². The molecule has 2 N–H and O–H groups in total. The van der Waals surface area contributed by atoms with Gasteiger partial charge in [-0.05, 0) is 44.2 Å². The smallest absolute Gasteiger partial charge is 0.225 e. The standard InChI is InChI=1S/C17H29N3O3/c1-13(22)19-8-2-14(3-9-19)16(23)20-10-15(11-21)17(12-20)4-6-18-7-5-17/h14-15,18,21H,2-12H2,1H3. The van der Waals surface area contributed by atoms with Crippen LogP contribution in [0, 0.1) is 17.3 Å². The summed E-state index contributed by atoms with van der Waals surface area (Å²) in [7, 11) is 0. The van der Waals surface area contributed by atoms with Crippen molar-refractivity contribution >= 4 is 11.8 Å². The van der Waals surface area contributed by atoms with E-state index in [1.807, 2.05) is 9.80 Å². The third kappa shape index (κ3) is 3.24. The maximum atomic E-state index is 12.9. The molecule has 6 nitrogen and oxygen atoms in total. The molecule has 1 atom stereocenters. The predicted octanol–water partition coefficient (Wildman–Crippen LogP) is 0.0654. The fourth-order valence-corrected chi connectivity index (χ4v) is 4.64. The highest BCUT2D eigenvalue weighted by atomic mass is 16.3. The van der Waals surface area contributed by atoms with Crippen molar-refractivity contribution in [2.75, 3.05) is 45.9 Å². The predicted molar refractivity (Wildman–Crippen MR) is 86.7 cm³/mol. The van der Waals surface area contributed by atoms with Gasteiger partial charge in [0.25, 0.3) is 0 Å². The van der Waals surface area contributed by atoms with Gasteiger partial charge in [-0.2, -0.15) is 0 Å². The normalized spacial score (nSPS) is 28.3. The van der Waals surface area contributed by atoms with Gasteiger partial charge in [0.1, 0.15) is 0 Å². The van der Waals surface area contributed by atoms with Gasteiger partial charge in [0, 0.05) is 51.5 Å². The van der Waals surface area contributed by atoms with E-state index in [4.69, 9.17) is 0 Å². The Morgan fingerprint density at radius 1 is 1.17 bits per heavy atom. The molecule has 0 radical (unpaired) electrons. The topological polar surface area (TPSA) is 72.9 Å². The van der Waals surface area contributed by atoms with E-state index in [1.54, 1.807) is 6.92 Å². The minimum atomic E-state index is 0.0433. The van der Waals surface area contributed by atoms with Crippen molar-refractivity contribution in [2.24, 2.45) is 17.3 Å². The Hall–Kier alpha value is -1.14. The first-order valence-corrected chi connectivity index (χ1v) is 8.91. The van der Waals surface area contributed by atoms with Gasteiger partial charge in [0.2, 0.25) is 11.8 Å². The number of piperidine rings is 2. The van der Waals surface area contributed by atoms with Gasteiger partial charge < -0.3 is 20.2 Å². The number of hydrogen-bond acceptors (Lipinski definition) is 4. The molecule has 0 saturated carbocycles. The number of carbonyl (C=O) groups is 2. The van der Waals surface area contributed by atoms with Crippen LogP contribution < -0.4 is 5.32 Å². The summed E-state index contributed by atoms with van der Waals surface area (Å²) in [6, 6.07) is 0. The largest absolute Gasteiger partial charge is 0.396 e. The van der Waals surface area contributed by atoms with Crippen LogP contribution in [-0.4, -0.2) is 72.6 Å². The van der Waals surface area contributed by atoms with Crippen LogP contribution in [0.3, 0.4) is 0 Å². The van der Waals surface area contributed by atoms with Crippen molar-refractivity contribution in [2.45, 2.75) is 32.6 Å². The van der Waals surface area contributed by atoms with Crippen molar-refractivity contribution in [1.82, 2.24) is 15.1 Å². The summed E-state index contributed by atoms with van der Waals surface area (Å²) in [5.74, 6) is 0.598. The van der Waals surface area contributed by atoms with Crippen LogP contribution in [0.15, 0.2) is 0 Å². The molecular weight excluding hydrogens is 294 g/mol.